The lowest BCUT2D eigenvalue weighted by atomic mass is 10.2. The molecule has 0 spiro atoms. The molecule has 1 aromatic heterocycles. The minimum Gasteiger partial charge on any atom is -0.452 e. The summed E-state index contributed by atoms with van der Waals surface area (Å²) in [6, 6.07) is 14.4. The van der Waals surface area contributed by atoms with Gasteiger partial charge in [-0.15, -0.1) is 10.2 Å². The Kier molecular flexibility index (Phi) is 7.55. The summed E-state index contributed by atoms with van der Waals surface area (Å²) in [5, 5.41) is 13.1. The monoisotopic (exact) mass is 457 g/mol. The van der Waals surface area contributed by atoms with Gasteiger partial charge in [0, 0.05) is 18.3 Å². The molecule has 166 valence electrons. The van der Waals surface area contributed by atoms with Crippen molar-refractivity contribution in [1.82, 2.24) is 25.4 Å². The third-order valence-electron chi connectivity index (χ3n) is 4.21. The number of carbonyl (C=O) groups excluding carboxylic acids is 3. The molecule has 3 rings (SSSR count). The van der Waals surface area contributed by atoms with Gasteiger partial charge < -0.3 is 10.1 Å². The molecule has 0 saturated heterocycles. The predicted octanol–water partition coefficient (Wildman–Crippen LogP) is 2.55. The maximum Gasteiger partial charge on any atom is 0.321 e. The van der Waals surface area contributed by atoms with Gasteiger partial charge in [0.25, 0.3) is 5.91 Å². The third kappa shape index (κ3) is 5.70. The number of amides is 3. The molecule has 0 fully saturated rings. The van der Waals surface area contributed by atoms with E-state index in [-0.39, 0.29) is 11.6 Å². The zero-order valence-corrected chi connectivity index (χ0v) is 18.1. The first kappa shape index (κ1) is 22.9. The van der Waals surface area contributed by atoms with Crippen LogP contribution in [0.1, 0.15) is 6.92 Å². The highest BCUT2D eigenvalue weighted by Crippen LogP contribution is 2.28. The van der Waals surface area contributed by atoms with Crippen LogP contribution in [0.15, 0.2) is 59.8 Å². The van der Waals surface area contributed by atoms with Gasteiger partial charge in [0.2, 0.25) is 0 Å². The first-order chi connectivity index (χ1) is 15.4. The van der Waals surface area contributed by atoms with E-state index in [2.05, 4.69) is 15.5 Å². The van der Waals surface area contributed by atoms with Crippen molar-refractivity contribution in [3.63, 3.8) is 0 Å². The van der Waals surface area contributed by atoms with Crippen molar-refractivity contribution in [3.05, 3.63) is 60.4 Å². The van der Waals surface area contributed by atoms with Gasteiger partial charge in [-0.25, -0.2) is 9.18 Å². The molecule has 3 aromatic rings. The molecular formula is C21H20FN5O4S. The van der Waals surface area contributed by atoms with E-state index in [0.717, 1.165) is 17.4 Å². The number of ether oxygens (including phenoxy) is 1. The smallest absolute Gasteiger partial charge is 0.321 e. The van der Waals surface area contributed by atoms with E-state index in [0.29, 0.717) is 16.5 Å². The highest BCUT2D eigenvalue weighted by Gasteiger charge is 2.21. The average molecular weight is 457 g/mol. The molecule has 0 bridgehead atoms. The van der Waals surface area contributed by atoms with Crippen LogP contribution in [0.4, 0.5) is 9.18 Å². The van der Waals surface area contributed by atoms with Gasteiger partial charge in [0.05, 0.1) is 5.75 Å². The van der Waals surface area contributed by atoms with Gasteiger partial charge in [-0.3, -0.25) is 19.5 Å². The van der Waals surface area contributed by atoms with Crippen molar-refractivity contribution in [2.45, 2.75) is 18.2 Å². The highest BCUT2D eigenvalue weighted by molar-refractivity contribution is 7.99. The topological polar surface area (TPSA) is 115 Å². The molecule has 1 unspecified atom stereocenters. The normalized spacial score (nSPS) is 11.5. The van der Waals surface area contributed by atoms with E-state index in [4.69, 9.17) is 4.74 Å². The molecule has 2 aromatic carbocycles. The molecule has 0 saturated carbocycles. The van der Waals surface area contributed by atoms with Gasteiger partial charge in [0.15, 0.2) is 17.1 Å². The number of benzene rings is 2. The van der Waals surface area contributed by atoms with Crippen molar-refractivity contribution in [1.29, 1.82) is 0 Å². The SMILES string of the molecule is CNC(=O)NC(=O)C(C)OC(=O)CSc1nnc(-c2ccc(F)cc2)n1-c1ccccc1. The lowest BCUT2D eigenvalue weighted by Gasteiger charge is -2.13. The molecule has 0 radical (unpaired) electrons. The highest BCUT2D eigenvalue weighted by atomic mass is 32.2. The maximum atomic E-state index is 13.3. The molecule has 2 N–H and O–H groups in total. The zero-order valence-electron chi connectivity index (χ0n) is 17.2. The van der Waals surface area contributed by atoms with Gasteiger partial charge in [0.1, 0.15) is 5.82 Å². The lowest BCUT2D eigenvalue weighted by molar-refractivity contribution is -0.151. The molecule has 3 amide bonds. The van der Waals surface area contributed by atoms with Crippen LogP contribution in [0.2, 0.25) is 0 Å². The summed E-state index contributed by atoms with van der Waals surface area (Å²) in [7, 11) is 1.36. The first-order valence-corrected chi connectivity index (χ1v) is 10.5. The second-order valence-corrected chi connectivity index (χ2v) is 7.42. The average Bonchev–Trinajstić information content (AvgIpc) is 3.22. The number of nitrogens with one attached hydrogen (secondary N) is 2. The first-order valence-electron chi connectivity index (χ1n) is 9.50. The van der Waals surface area contributed by atoms with Gasteiger partial charge in [-0.2, -0.15) is 0 Å². The van der Waals surface area contributed by atoms with Crippen LogP contribution in [-0.4, -0.2) is 51.6 Å². The van der Waals surface area contributed by atoms with E-state index >= 15 is 0 Å². The molecule has 11 heteroatoms. The van der Waals surface area contributed by atoms with Crippen molar-refractivity contribution in [2.24, 2.45) is 0 Å². The van der Waals surface area contributed by atoms with Gasteiger partial charge in [-0.05, 0) is 43.3 Å². The van der Waals surface area contributed by atoms with Crippen LogP contribution in [0.5, 0.6) is 0 Å². The van der Waals surface area contributed by atoms with Crippen LogP contribution in [0, 0.1) is 5.82 Å². The van der Waals surface area contributed by atoms with E-state index in [1.165, 1.54) is 26.1 Å². The molecule has 0 aliphatic carbocycles. The molecule has 1 heterocycles. The summed E-state index contributed by atoms with van der Waals surface area (Å²) in [5.74, 6) is -1.45. The van der Waals surface area contributed by atoms with E-state index in [1.54, 1.807) is 16.7 Å². The van der Waals surface area contributed by atoms with Crippen LogP contribution in [0.3, 0.4) is 0 Å². The van der Waals surface area contributed by atoms with Crippen LogP contribution in [-0.2, 0) is 14.3 Å². The molecule has 32 heavy (non-hydrogen) atoms. The number of carbonyl (C=O) groups is 3. The van der Waals surface area contributed by atoms with Crippen LogP contribution in [0.25, 0.3) is 17.1 Å². The maximum absolute atomic E-state index is 13.3. The van der Waals surface area contributed by atoms with Crippen LogP contribution < -0.4 is 10.6 Å². The van der Waals surface area contributed by atoms with E-state index in [9.17, 15) is 18.8 Å². The number of halogens is 1. The van der Waals surface area contributed by atoms with E-state index in [1.807, 2.05) is 35.6 Å². The van der Waals surface area contributed by atoms with Crippen molar-refractivity contribution >= 4 is 29.7 Å². The Labute approximate surface area is 187 Å². The number of esters is 1. The fraction of sp³-hybridized carbons (Fsp3) is 0.190. The number of para-hydroxylation sites is 1. The number of aromatic nitrogens is 3. The Morgan fingerprint density at radius 3 is 2.44 bits per heavy atom. The Morgan fingerprint density at radius 2 is 1.78 bits per heavy atom. The second kappa shape index (κ2) is 10.5. The van der Waals surface area contributed by atoms with Crippen molar-refractivity contribution in [2.75, 3.05) is 12.8 Å². The summed E-state index contributed by atoms with van der Waals surface area (Å²) >= 11 is 1.07. The standard InChI is InChI=1S/C21H20FN5O4S/c1-13(19(29)24-20(30)23-2)31-17(28)12-32-21-26-25-18(14-8-10-15(22)11-9-14)27(21)16-6-4-3-5-7-16/h3-11,13H,12H2,1-2H3,(H2,23,24,29,30). The van der Waals surface area contributed by atoms with Crippen molar-refractivity contribution in [3.8, 4) is 17.1 Å². The summed E-state index contributed by atoms with van der Waals surface area (Å²) in [6.45, 7) is 1.36. The predicted molar refractivity (Wildman–Crippen MR) is 116 cm³/mol. The third-order valence-corrected chi connectivity index (χ3v) is 5.11. The summed E-state index contributed by atoms with van der Waals surface area (Å²) < 4.78 is 20.2. The van der Waals surface area contributed by atoms with E-state index < -0.39 is 24.0 Å². The zero-order chi connectivity index (χ0) is 23.1. The Balaban J connectivity index is 1.75. The Hall–Kier alpha value is -3.73. The Bertz CT molecular complexity index is 1110. The number of thioether (sulfide) groups is 1. The summed E-state index contributed by atoms with van der Waals surface area (Å²) in [5.41, 5.74) is 1.41. The fourth-order valence-electron chi connectivity index (χ4n) is 2.64. The number of urea groups is 1. The number of hydrogen-bond acceptors (Lipinski definition) is 7. The molecule has 0 aliphatic rings. The number of nitrogens with zero attached hydrogens (tertiary/aromatic N) is 3. The van der Waals surface area contributed by atoms with Crippen LogP contribution >= 0.6 is 11.8 Å². The lowest BCUT2D eigenvalue weighted by Crippen LogP contribution is -2.43. The second-order valence-electron chi connectivity index (χ2n) is 6.47. The molecule has 0 aliphatic heterocycles. The van der Waals surface area contributed by atoms with Crippen molar-refractivity contribution < 1.29 is 23.5 Å². The summed E-state index contributed by atoms with van der Waals surface area (Å²) in [4.78, 5) is 35.3. The minimum atomic E-state index is -1.15. The summed E-state index contributed by atoms with van der Waals surface area (Å²) in [6.07, 6.45) is -1.15. The number of imide groups is 1. The molecular weight excluding hydrogens is 437 g/mol. The molecule has 9 nitrogen and oxygen atoms in total. The quantitative estimate of drug-likeness (QED) is 0.414. The number of hydrogen-bond donors (Lipinski definition) is 2. The minimum absolute atomic E-state index is 0.147. The van der Waals surface area contributed by atoms with Gasteiger partial charge >= 0.3 is 12.0 Å². The number of rotatable bonds is 7. The van der Waals surface area contributed by atoms with Gasteiger partial charge in [-0.1, -0.05) is 30.0 Å². The Morgan fingerprint density at radius 1 is 1.09 bits per heavy atom. The molecule has 1 atom stereocenters. The fourth-order valence-corrected chi connectivity index (χ4v) is 3.38. The largest absolute Gasteiger partial charge is 0.452 e.